The Hall–Kier alpha value is -2.09. The van der Waals surface area contributed by atoms with Gasteiger partial charge in [-0.2, -0.15) is 0 Å². The number of carbonyl (C=O) groups is 1. The highest BCUT2D eigenvalue weighted by molar-refractivity contribution is 5.95. The molecule has 8 heteroatoms. The molecule has 2 atom stereocenters. The number of hydrogen-bond acceptors (Lipinski definition) is 7. The molecule has 1 saturated carbocycles. The Kier molecular flexibility index (Phi) is 7.97. The fourth-order valence-electron chi connectivity index (χ4n) is 4.35. The number of morpholine rings is 1. The molecule has 4 rings (SSSR count). The molecule has 2 heterocycles. The number of carbonyl (C=O) groups excluding carboxylic acids is 1. The Morgan fingerprint density at radius 3 is 2.52 bits per heavy atom. The van der Waals surface area contributed by atoms with Crippen molar-refractivity contribution in [2.24, 2.45) is 0 Å². The Balaban J connectivity index is 0.00000272. The third-order valence-corrected chi connectivity index (χ3v) is 5.70. The molecule has 0 N–H and O–H groups in total. The zero-order valence-electron chi connectivity index (χ0n) is 18.3. The lowest BCUT2D eigenvalue weighted by atomic mass is 10.1. The summed E-state index contributed by atoms with van der Waals surface area (Å²) < 4.78 is 22.7. The van der Waals surface area contributed by atoms with Crippen LogP contribution in [0.1, 0.15) is 50.1 Å². The van der Waals surface area contributed by atoms with E-state index in [9.17, 15) is 4.79 Å². The molecule has 0 amide bonds. The van der Waals surface area contributed by atoms with E-state index in [2.05, 4.69) is 10.1 Å². The lowest BCUT2D eigenvalue weighted by molar-refractivity contribution is -0.0653. The van der Waals surface area contributed by atoms with Gasteiger partial charge in [0.15, 0.2) is 11.5 Å². The number of hydrogen-bond donors (Lipinski definition) is 0. The van der Waals surface area contributed by atoms with Gasteiger partial charge in [0.25, 0.3) is 0 Å². The van der Waals surface area contributed by atoms with Gasteiger partial charge in [0.2, 0.25) is 11.5 Å². The molecule has 1 aliphatic carbocycles. The van der Waals surface area contributed by atoms with Gasteiger partial charge in [-0.3, -0.25) is 9.69 Å². The largest absolute Gasteiger partial charge is 0.493 e. The first-order valence-electron chi connectivity index (χ1n) is 10.7. The van der Waals surface area contributed by atoms with Gasteiger partial charge in [-0.05, 0) is 57.7 Å². The third kappa shape index (κ3) is 5.79. The summed E-state index contributed by atoms with van der Waals surface area (Å²) in [5, 5.41) is 4.12. The third-order valence-electron chi connectivity index (χ3n) is 5.70. The van der Waals surface area contributed by atoms with Gasteiger partial charge in [-0.1, -0.05) is 5.16 Å². The highest BCUT2D eigenvalue weighted by atomic mass is 35.5. The average molecular weight is 451 g/mol. The molecule has 31 heavy (non-hydrogen) atoms. The molecule has 1 aromatic carbocycles. The van der Waals surface area contributed by atoms with E-state index in [1.54, 1.807) is 13.2 Å². The first-order valence-corrected chi connectivity index (χ1v) is 10.7. The van der Waals surface area contributed by atoms with Crippen molar-refractivity contribution in [1.29, 1.82) is 0 Å². The van der Waals surface area contributed by atoms with Gasteiger partial charge in [0.05, 0.1) is 32.0 Å². The SMILES string of the molecule is COc1ccc(-c2cc(C(=O)CN3CC(C)OC(C)C3)on2)cc1OC1CCCC1.Cl. The van der Waals surface area contributed by atoms with Gasteiger partial charge in [-0.25, -0.2) is 0 Å². The summed E-state index contributed by atoms with van der Waals surface area (Å²) in [5.41, 5.74) is 1.45. The van der Waals surface area contributed by atoms with E-state index >= 15 is 0 Å². The summed E-state index contributed by atoms with van der Waals surface area (Å²) in [7, 11) is 1.64. The molecule has 2 unspecified atom stereocenters. The molecule has 1 saturated heterocycles. The van der Waals surface area contributed by atoms with E-state index in [1.165, 1.54) is 12.8 Å². The molecule has 0 radical (unpaired) electrons. The van der Waals surface area contributed by atoms with Crippen molar-refractivity contribution < 1.29 is 23.5 Å². The number of aromatic nitrogens is 1. The first-order chi connectivity index (χ1) is 14.5. The summed E-state index contributed by atoms with van der Waals surface area (Å²) in [6.07, 6.45) is 4.98. The molecule has 0 bridgehead atoms. The topological polar surface area (TPSA) is 74.0 Å². The normalized spacial score (nSPS) is 22.2. The minimum absolute atomic E-state index is 0. The highest BCUT2D eigenvalue weighted by Crippen LogP contribution is 2.35. The quantitative estimate of drug-likeness (QED) is 0.579. The van der Waals surface area contributed by atoms with Crippen LogP contribution in [0.25, 0.3) is 11.3 Å². The van der Waals surface area contributed by atoms with Crippen molar-refractivity contribution in [1.82, 2.24) is 10.1 Å². The van der Waals surface area contributed by atoms with Gasteiger partial charge in [-0.15, -0.1) is 12.4 Å². The van der Waals surface area contributed by atoms with Crippen LogP contribution in [-0.4, -0.2) is 60.9 Å². The predicted octanol–water partition coefficient (Wildman–Crippen LogP) is 4.39. The minimum Gasteiger partial charge on any atom is -0.493 e. The minimum atomic E-state index is -0.0778. The maximum atomic E-state index is 12.7. The Bertz CT molecular complexity index is 871. The Morgan fingerprint density at radius 2 is 1.84 bits per heavy atom. The standard InChI is InChI=1S/C23H30N2O5.ClH/c1-15-12-25(13-16(2)28-15)14-20(26)22-11-19(24-30-22)17-8-9-21(27-3)23(10-17)29-18-6-4-5-7-18;/h8-11,15-16,18H,4-7,12-14H2,1-3H3;1H. The van der Waals surface area contributed by atoms with Gasteiger partial charge in [0.1, 0.15) is 5.69 Å². The zero-order chi connectivity index (χ0) is 21.1. The van der Waals surface area contributed by atoms with Crippen molar-refractivity contribution >= 4 is 18.2 Å². The molecule has 2 aromatic rings. The van der Waals surface area contributed by atoms with E-state index in [-0.39, 0.29) is 42.3 Å². The lowest BCUT2D eigenvalue weighted by Gasteiger charge is -2.34. The second-order valence-electron chi connectivity index (χ2n) is 8.34. The fraction of sp³-hybridized carbons (Fsp3) is 0.565. The number of benzene rings is 1. The molecular formula is C23H31ClN2O5. The molecule has 7 nitrogen and oxygen atoms in total. The van der Waals surface area contributed by atoms with Gasteiger partial charge >= 0.3 is 0 Å². The van der Waals surface area contributed by atoms with E-state index in [0.717, 1.165) is 31.5 Å². The van der Waals surface area contributed by atoms with Crippen LogP contribution in [0.15, 0.2) is 28.8 Å². The van der Waals surface area contributed by atoms with Crippen LogP contribution in [0.4, 0.5) is 0 Å². The zero-order valence-corrected chi connectivity index (χ0v) is 19.2. The molecule has 170 valence electrons. The van der Waals surface area contributed by atoms with Crippen LogP contribution in [0, 0.1) is 0 Å². The van der Waals surface area contributed by atoms with E-state index in [4.69, 9.17) is 18.7 Å². The molecule has 1 aromatic heterocycles. The van der Waals surface area contributed by atoms with Gasteiger partial charge < -0.3 is 18.7 Å². The van der Waals surface area contributed by atoms with E-state index < -0.39 is 0 Å². The smallest absolute Gasteiger partial charge is 0.214 e. The van der Waals surface area contributed by atoms with Crippen LogP contribution in [0.3, 0.4) is 0 Å². The van der Waals surface area contributed by atoms with Crippen molar-refractivity contribution in [2.45, 2.75) is 57.8 Å². The number of rotatable bonds is 7. The average Bonchev–Trinajstić information content (AvgIpc) is 3.39. The van der Waals surface area contributed by atoms with Crippen LogP contribution < -0.4 is 9.47 Å². The number of ketones is 1. The highest BCUT2D eigenvalue weighted by Gasteiger charge is 2.26. The number of methoxy groups -OCH3 is 1. The summed E-state index contributed by atoms with van der Waals surface area (Å²) >= 11 is 0. The monoisotopic (exact) mass is 450 g/mol. The van der Waals surface area contributed by atoms with Crippen molar-refractivity contribution in [3.63, 3.8) is 0 Å². The van der Waals surface area contributed by atoms with E-state index in [1.807, 2.05) is 32.0 Å². The van der Waals surface area contributed by atoms with Crippen LogP contribution in [-0.2, 0) is 4.74 Å². The number of ether oxygens (including phenoxy) is 3. The maximum Gasteiger partial charge on any atom is 0.214 e. The predicted molar refractivity (Wildman–Crippen MR) is 119 cm³/mol. The number of halogens is 1. The van der Waals surface area contributed by atoms with Crippen LogP contribution in [0.2, 0.25) is 0 Å². The molecule has 0 spiro atoms. The van der Waals surface area contributed by atoms with Crippen molar-refractivity contribution in [2.75, 3.05) is 26.7 Å². The van der Waals surface area contributed by atoms with Crippen molar-refractivity contribution in [3.05, 3.63) is 30.0 Å². The lowest BCUT2D eigenvalue weighted by Crippen LogP contribution is -2.47. The van der Waals surface area contributed by atoms with Crippen LogP contribution >= 0.6 is 12.4 Å². The summed E-state index contributed by atoms with van der Waals surface area (Å²) in [6, 6.07) is 7.38. The molecular weight excluding hydrogens is 420 g/mol. The molecule has 2 fully saturated rings. The summed E-state index contributed by atoms with van der Waals surface area (Å²) in [5.74, 6) is 1.59. The number of Topliss-reactive ketones (excluding diaryl/α,β-unsaturated/α-hetero) is 1. The Morgan fingerprint density at radius 1 is 1.13 bits per heavy atom. The molecule has 1 aliphatic heterocycles. The van der Waals surface area contributed by atoms with E-state index in [0.29, 0.717) is 23.7 Å². The summed E-state index contributed by atoms with van der Waals surface area (Å²) in [4.78, 5) is 14.8. The molecule has 2 aliphatic rings. The van der Waals surface area contributed by atoms with Crippen molar-refractivity contribution in [3.8, 4) is 22.8 Å². The Labute approximate surface area is 189 Å². The maximum absolute atomic E-state index is 12.7. The second kappa shape index (κ2) is 10.5. The number of nitrogens with zero attached hydrogens (tertiary/aromatic N) is 2. The second-order valence-corrected chi connectivity index (χ2v) is 8.34. The fourth-order valence-corrected chi connectivity index (χ4v) is 4.35. The van der Waals surface area contributed by atoms with Gasteiger partial charge in [0, 0.05) is 24.7 Å². The summed E-state index contributed by atoms with van der Waals surface area (Å²) in [6.45, 7) is 5.81. The van der Waals surface area contributed by atoms with Crippen LogP contribution in [0.5, 0.6) is 11.5 Å². The first kappa shape index (κ1) is 23.6.